The minimum absolute atomic E-state index is 0.0994. The second kappa shape index (κ2) is 30.0. The number of hydrogen-bond donors (Lipinski definition) is 1. The molecule has 222 valence electrons. The summed E-state index contributed by atoms with van der Waals surface area (Å²) in [7, 11) is 0. The Morgan fingerprint density at radius 1 is 0.459 bits per heavy atom. The van der Waals surface area contributed by atoms with E-state index in [0.29, 0.717) is 0 Å². The van der Waals surface area contributed by atoms with Crippen molar-refractivity contribution in [2.24, 2.45) is 11.8 Å². The molecule has 2 nitrogen and oxygen atoms in total. The lowest BCUT2D eigenvalue weighted by Gasteiger charge is -2.12. The number of hydrogen-bond acceptors (Lipinski definition) is 1. The molecule has 0 rings (SSSR count). The van der Waals surface area contributed by atoms with Crippen molar-refractivity contribution < 1.29 is 9.90 Å². The number of unbranched alkanes of at least 4 members (excludes halogenated alkanes) is 23. The molecule has 0 aromatic carbocycles. The van der Waals surface area contributed by atoms with Crippen molar-refractivity contribution in [2.75, 3.05) is 0 Å². The maximum Gasteiger partial charge on any atom is 0.306 e. The molecule has 0 heterocycles. The van der Waals surface area contributed by atoms with Gasteiger partial charge in [0.2, 0.25) is 0 Å². The minimum Gasteiger partial charge on any atom is -0.481 e. The van der Waals surface area contributed by atoms with E-state index in [4.69, 9.17) is 0 Å². The Balaban J connectivity index is 3.41. The van der Waals surface area contributed by atoms with E-state index in [9.17, 15) is 9.90 Å². The number of rotatable bonds is 31. The Kier molecular flexibility index (Phi) is 29.6. The highest BCUT2D eigenvalue weighted by Gasteiger charge is 2.16. The number of aliphatic carboxylic acids is 1. The minimum atomic E-state index is -0.557. The molecule has 0 aliphatic carbocycles. The monoisotopic (exact) mass is 523 g/mol. The van der Waals surface area contributed by atoms with Gasteiger partial charge < -0.3 is 5.11 Å². The van der Waals surface area contributed by atoms with Crippen LogP contribution in [0.3, 0.4) is 0 Å². The van der Waals surface area contributed by atoms with E-state index in [1.807, 2.05) is 0 Å². The molecule has 0 aliphatic rings. The van der Waals surface area contributed by atoms with Crippen molar-refractivity contribution in [3.05, 3.63) is 0 Å². The summed E-state index contributed by atoms with van der Waals surface area (Å²) in [4.78, 5) is 11.6. The van der Waals surface area contributed by atoms with Crippen LogP contribution in [0.15, 0.2) is 0 Å². The first kappa shape index (κ1) is 36.5. The Morgan fingerprint density at radius 3 is 1.00 bits per heavy atom. The Morgan fingerprint density at radius 2 is 0.730 bits per heavy atom. The number of carboxylic acid groups (broad SMARTS) is 1. The second-order valence-electron chi connectivity index (χ2n) is 12.4. The number of carboxylic acids is 1. The van der Waals surface area contributed by atoms with Gasteiger partial charge in [-0.3, -0.25) is 4.79 Å². The van der Waals surface area contributed by atoms with Gasteiger partial charge in [-0.15, -0.1) is 0 Å². The van der Waals surface area contributed by atoms with Gasteiger partial charge in [-0.1, -0.05) is 194 Å². The summed E-state index contributed by atoms with van der Waals surface area (Å²) in [5.41, 5.74) is 0. The molecule has 0 fully saturated rings. The van der Waals surface area contributed by atoms with Gasteiger partial charge in [0.15, 0.2) is 0 Å². The van der Waals surface area contributed by atoms with E-state index in [0.717, 1.165) is 31.6 Å². The van der Waals surface area contributed by atoms with Gasteiger partial charge in [0.25, 0.3) is 0 Å². The van der Waals surface area contributed by atoms with Crippen molar-refractivity contribution in [3.8, 4) is 0 Å². The third-order valence-electron chi connectivity index (χ3n) is 8.70. The molecule has 2 heteroatoms. The van der Waals surface area contributed by atoms with Gasteiger partial charge in [0, 0.05) is 0 Å². The Hall–Kier alpha value is -0.530. The van der Waals surface area contributed by atoms with Crippen molar-refractivity contribution in [3.63, 3.8) is 0 Å². The molecule has 0 spiro atoms. The number of carbonyl (C=O) groups is 1. The van der Waals surface area contributed by atoms with Crippen molar-refractivity contribution >= 4 is 5.97 Å². The molecule has 0 saturated carbocycles. The quantitative estimate of drug-likeness (QED) is 0.0919. The summed E-state index contributed by atoms with van der Waals surface area (Å²) < 4.78 is 0. The zero-order chi connectivity index (χ0) is 27.2. The van der Waals surface area contributed by atoms with E-state index in [1.54, 1.807) is 0 Å². The molecule has 0 aliphatic heterocycles. The third-order valence-corrected chi connectivity index (χ3v) is 8.70. The van der Waals surface area contributed by atoms with Crippen LogP contribution in [0.4, 0.5) is 0 Å². The van der Waals surface area contributed by atoms with Crippen molar-refractivity contribution in [2.45, 2.75) is 207 Å². The van der Waals surface area contributed by atoms with E-state index >= 15 is 0 Å². The van der Waals surface area contributed by atoms with Gasteiger partial charge in [-0.25, -0.2) is 0 Å². The fraction of sp³-hybridized carbons (Fsp3) is 0.971. The Labute approximate surface area is 234 Å². The van der Waals surface area contributed by atoms with Gasteiger partial charge in [0.05, 0.1) is 5.92 Å². The fourth-order valence-electron chi connectivity index (χ4n) is 5.66. The molecule has 0 amide bonds. The smallest absolute Gasteiger partial charge is 0.306 e. The molecule has 1 N–H and O–H groups in total. The normalized spacial score (nSPS) is 13.2. The first-order chi connectivity index (χ1) is 18.1. The van der Waals surface area contributed by atoms with Crippen LogP contribution >= 0.6 is 0 Å². The summed E-state index contributed by atoms with van der Waals surface area (Å²) in [6, 6.07) is 0. The van der Waals surface area contributed by atoms with Crippen LogP contribution in [-0.4, -0.2) is 11.1 Å². The zero-order valence-corrected chi connectivity index (χ0v) is 26.0. The third kappa shape index (κ3) is 28.3. The Bertz CT molecular complexity index is 447. The van der Waals surface area contributed by atoms with Crippen molar-refractivity contribution in [1.82, 2.24) is 0 Å². The molecule has 2 atom stereocenters. The molecule has 0 aromatic heterocycles. The molecule has 0 saturated heterocycles. The van der Waals surface area contributed by atoms with Gasteiger partial charge in [0.1, 0.15) is 0 Å². The predicted octanol–water partition coefficient (Wildman–Crippen LogP) is 12.7. The molecule has 0 bridgehead atoms. The largest absolute Gasteiger partial charge is 0.481 e. The highest BCUT2D eigenvalue weighted by Crippen LogP contribution is 2.20. The zero-order valence-electron chi connectivity index (χ0n) is 26.0. The van der Waals surface area contributed by atoms with E-state index < -0.39 is 5.97 Å². The summed E-state index contributed by atoms with van der Waals surface area (Å²) >= 11 is 0. The maximum atomic E-state index is 11.6. The average molecular weight is 523 g/mol. The van der Waals surface area contributed by atoms with E-state index in [-0.39, 0.29) is 5.92 Å². The molecule has 2 unspecified atom stereocenters. The van der Waals surface area contributed by atoms with Crippen LogP contribution in [0.2, 0.25) is 0 Å². The maximum absolute atomic E-state index is 11.6. The summed E-state index contributed by atoms with van der Waals surface area (Å²) in [6.07, 6.45) is 38.4. The molecule has 37 heavy (non-hydrogen) atoms. The summed E-state index contributed by atoms with van der Waals surface area (Å²) in [5.74, 6) is 0.256. The molecular weight excluding hydrogens is 452 g/mol. The van der Waals surface area contributed by atoms with Gasteiger partial charge in [-0.05, 0) is 18.8 Å². The lowest BCUT2D eigenvalue weighted by atomic mass is 9.94. The van der Waals surface area contributed by atoms with E-state index in [1.165, 1.54) is 161 Å². The molecular formula is C35H70O2. The van der Waals surface area contributed by atoms with Crippen LogP contribution in [0, 0.1) is 11.8 Å². The van der Waals surface area contributed by atoms with Crippen LogP contribution < -0.4 is 0 Å². The first-order valence-corrected chi connectivity index (χ1v) is 17.3. The highest BCUT2D eigenvalue weighted by atomic mass is 16.4. The first-order valence-electron chi connectivity index (χ1n) is 17.3. The topological polar surface area (TPSA) is 37.3 Å². The van der Waals surface area contributed by atoms with Crippen molar-refractivity contribution in [1.29, 1.82) is 0 Å². The standard InChI is InChI=1S/C35H70O2/c1-4-6-7-8-9-10-11-12-13-16-19-22-25-28-31-34(35(36)37)32-29-26-23-20-17-14-15-18-21-24-27-30-33(3)5-2/h33-34H,4-32H2,1-3H3,(H,36,37). The van der Waals surface area contributed by atoms with Gasteiger partial charge >= 0.3 is 5.97 Å². The molecule has 0 aromatic rings. The van der Waals surface area contributed by atoms with E-state index in [2.05, 4.69) is 20.8 Å². The summed E-state index contributed by atoms with van der Waals surface area (Å²) in [6.45, 7) is 6.96. The predicted molar refractivity (Wildman–Crippen MR) is 166 cm³/mol. The van der Waals surface area contributed by atoms with Crippen LogP contribution in [-0.2, 0) is 4.79 Å². The van der Waals surface area contributed by atoms with Crippen LogP contribution in [0.5, 0.6) is 0 Å². The SMILES string of the molecule is CCCCCCCCCCCCCCCCC(CCCCCCCCCCCCCC(C)CC)C(=O)O. The fourth-order valence-corrected chi connectivity index (χ4v) is 5.66. The molecule has 0 radical (unpaired) electrons. The van der Waals surface area contributed by atoms with Crippen LogP contribution in [0.1, 0.15) is 207 Å². The lowest BCUT2D eigenvalue weighted by Crippen LogP contribution is -2.13. The second-order valence-corrected chi connectivity index (χ2v) is 12.4. The van der Waals surface area contributed by atoms with Gasteiger partial charge in [-0.2, -0.15) is 0 Å². The summed E-state index contributed by atoms with van der Waals surface area (Å²) in [5, 5.41) is 9.59. The lowest BCUT2D eigenvalue weighted by molar-refractivity contribution is -0.142. The highest BCUT2D eigenvalue weighted by molar-refractivity contribution is 5.69. The average Bonchev–Trinajstić information content (AvgIpc) is 2.89. The van der Waals surface area contributed by atoms with Crippen LogP contribution in [0.25, 0.3) is 0 Å².